The van der Waals surface area contributed by atoms with E-state index in [-0.39, 0.29) is 5.69 Å². The molecule has 0 aliphatic carbocycles. The smallest absolute Gasteiger partial charge is 0.358 e. The zero-order valence-corrected chi connectivity index (χ0v) is 14.1. The average Bonchev–Trinajstić information content (AvgIpc) is 3.01. The van der Waals surface area contributed by atoms with E-state index in [4.69, 9.17) is 0 Å². The van der Waals surface area contributed by atoms with Crippen molar-refractivity contribution in [2.45, 2.75) is 13.5 Å². The molecule has 2 heterocycles. The Morgan fingerprint density at radius 1 is 1.17 bits per heavy atom. The number of aryl methyl sites for hydroxylation is 1. The Bertz CT molecular complexity index is 832. The molecular formula is C17H16N4O2S. The van der Waals surface area contributed by atoms with E-state index in [1.54, 1.807) is 23.5 Å². The first-order valence-corrected chi connectivity index (χ1v) is 8.16. The number of ether oxygens (including phenoxy) is 1. The van der Waals surface area contributed by atoms with Crippen LogP contribution in [0.3, 0.4) is 0 Å². The Morgan fingerprint density at radius 2 is 1.96 bits per heavy atom. The third-order valence-corrected chi connectivity index (χ3v) is 4.61. The monoisotopic (exact) mass is 340 g/mol. The number of methoxy groups -OCH3 is 1. The number of thiazole rings is 1. The fourth-order valence-electron chi connectivity index (χ4n) is 2.11. The lowest BCUT2D eigenvalue weighted by molar-refractivity contribution is 0.0593. The minimum absolute atomic E-state index is 0.184. The van der Waals surface area contributed by atoms with E-state index in [1.807, 2.05) is 37.3 Å². The Morgan fingerprint density at radius 3 is 2.62 bits per heavy atom. The lowest BCUT2D eigenvalue weighted by Crippen LogP contribution is -2.07. The van der Waals surface area contributed by atoms with E-state index < -0.39 is 5.97 Å². The predicted octanol–water partition coefficient (Wildman–Crippen LogP) is 3.31. The minimum Gasteiger partial charge on any atom is -0.464 e. The standard InChI is InChI=1S/C17H16N4O2S/c1-11-14(24-16(19-11)12-6-4-3-5-7-12)10-18-15-9-8-13(20-21-15)17(22)23-2/h3-9H,10H2,1-2H3,(H,18,21). The fraction of sp³-hybridized carbons (Fsp3) is 0.176. The van der Waals surface area contributed by atoms with E-state index in [0.717, 1.165) is 21.1 Å². The number of benzene rings is 1. The number of nitrogens with zero attached hydrogens (tertiary/aromatic N) is 3. The summed E-state index contributed by atoms with van der Waals surface area (Å²) in [7, 11) is 1.31. The molecule has 0 atom stereocenters. The average molecular weight is 340 g/mol. The van der Waals surface area contributed by atoms with Crippen LogP contribution in [0.1, 0.15) is 21.1 Å². The Hall–Kier alpha value is -2.80. The van der Waals surface area contributed by atoms with E-state index >= 15 is 0 Å². The lowest BCUT2D eigenvalue weighted by atomic mass is 10.2. The van der Waals surface area contributed by atoms with Crippen LogP contribution in [0.5, 0.6) is 0 Å². The summed E-state index contributed by atoms with van der Waals surface area (Å²) in [5.74, 6) is 0.0940. The van der Waals surface area contributed by atoms with Gasteiger partial charge in [-0.15, -0.1) is 21.5 Å². The topological polar surface area (TPSA) is 77.0 Å². The number of hydrogen-bond donors (Lipinski definition) is 1. The van der Waals surface area contributed by atoms with Crippen LogP contribution in [-0.4, -0.2) is 28.3 Å². The van der Waals surface area contributed by atoms with Gasteiger partial charge in [-0.2, -0.15) is 0 Å². The van der Waals surface area contributed by atoms with Crippen molar-refractivity contribution in [2.24, 2.45) is 0 Å². The molecule has 0 unspecified atom stereocenters. The van der Waals surface area contributed by atoms with Gasteiger partial charge in [0.2, 0.25) is 0 Å². The number of esters is 1. The van der Waals surface area contributed by atoms with Crippen molar-refractivity contribution in [1.82, 2.24) is 15.2 Å². The Balaban J connectivity index is 1.69. The van der Waals surface area contributed by atoms with Crippen LogP contribution in [0.25, 0.3) is 10.6 Å². The second-order valence-corrected chi connectivity index (χ2v) is 6.13. The number of aromatic nitrogens is 3. The van der Waals surface area contributed by atoms with E-state index in [0.29, 0.717) is 12.4 Å². The van der Waals surface area contributed by atoms with Crippen LogP contribution in [-0.2, 0) is 11.3 Å². The van der Waals surface area contributed by atoms with Gasteiger partial charge in [-0.3, -0.25) is 0 Å². The molecule has 0 aliphatic rings. The summed E-state index contributed by atoms with van der Waals surface area (Å²) in [5.41, 5.74) is 2.29. The van der Waals surface area contributed by atoms with E-state index in [2.05, 4.69) is 25.2 Å². The van der Waals surface area contributed by atoms with Crippen molar-refractivity contribution < 1.29 is 9.53 Å². The maximum atomic E-state index is 11.3. The van der Waals surface area contributed by atoms with Gasteiger partial charge in [-0.25, -0.2) is 9.78 Å². The molecule has 0 fully saturated rings. The molecule has 1 aromatic carbocycles. The van der Waals surface area contributed by atoms with Crippen molar-refractivity contribution in [2.75, 3.05) is 12.4 Å². The van der Waals surface area contributed by atoms with Crippen LogP contribution >= 0.6 is 11.3 Å². The maximum absolute atomic E-state index is 11.3. The van der Waals surface area contributed by atoms with Crippen LogP contribution < -0.4 is 5.32 Å². The molecule has 6 nitrogen and oxygen atoms in total. The number of hydrogen-bond acceptors (Lipinski definition) is 7. The molecule has 0 spiro atoms. The van der Waals surface area contributed by atoms with Crippen molar-refractivity contribution >= 4 is 23.1 Å². The van der Waals surface area contributed by atoms with Gasteiger partial charge in [0, 0.05) is 10.4 Å². The van der Waals surface area contributed by atoms with Crippen LogP contribution in [0.4, 0.5) is 5.82 Å². The molecule has 7 heteroatoms. The Labute approximate surface area is 143 Å². The van der Waals surface area contributed by atoms with Gasteiger partial charge in [0.15, 0.2) is 5.69 Å². The van der Waals surface area contributed by atoms with Gasteiger partial charge in [-0.1, -0.05) is 30.3 Å². The summed E-state index contributed by atoms with van der Waals surface area (Å²) in [5, 5.41) is 12.0. The molecule has 0 aliphatic heterocycles. The SMILES string of the molecule is COC(=O)c1ccc(NCc2sc(-c3ccccc3)nc2C)nn1. The van der Waals surface area contributed by atoms with Gasteiger partial charge < -0.3 is 10.1 Å². The molecule has 2 aromatic heterocycles. The van der Waals surface area contributed by atoms with Gasteiger partial charge in [-0.05, 0) is 19.1 Å². The number of carbonyl (C=O) groups is 1. The molecule has 0 amide bonds. The second-order valence-electron chi connectivity index (χ2n) is 5.04. The number of nitrogens with one attached hydrogen (secondary N) is 1. The lowest BCUT2D eigenvalue weighted by Gasteiger charge is -2.04. The van der Waals surface area contributed by atoms with Crippen molar-refractivity contribution in [3.8, 4) is 10.6 Å². The molecule has 0 radical (unpaired) electrons. The van der Waals surface area contributed by atoms with Gasteiger partial charge in [0.05, 0.1) is 19.3 Å². The second kappa shape index (κ2) is 7.18. The third kappa shape index (κ3) is 3.57. The first-order chi connectivity index (χ1) is 11.7. The summed E-state index contributed by atoms with van der Waals surface area (Å²) < 4.78 is 4.60. The molecule has 3 rings (SSSR count). The van der Waals surface area contributed by atoms with Gasteiger partial charge in [0.25, 0.3) is 0 Å². The number of anilines is 1. The first-order valence-electron chi connectivity index (χ1n) is 7.35. The summed E-state index contributed by atoms with van der Waals surface area (Å²) in [6.07, 6.45) is 0. The molecule has 3 aromatic rings. The van der Waals surface area contributed by atoms with Crippen molar-refractivity contribution in [3.63, 3.8) is 0 Å². The van der Waals surface area contributed by atoms with E-state index in [9.17, 15) is 4.79 Å². The van der Waals surface area contributed by atoms with Crippen LogP contribution in [0.15, 0.2) is 42.5 Å². The molecule has 0 bridgehead atoms. The first kappa shape index (κ1) is 16.1. The van der Waals surface area contributed by atoms with Gasteiger partial charge >= 0.3 is 5.97 Å². The van der Waals surface area contributed by atoms with Crippen LogP contribution in [0.2, 0.25) is 0 Å². The van der Waals surface area contributed by atoms with E-state index in [1.165, 1.54) is 7.11 Å². The van der Waals surface area contributed by atoms with Crippen molar-refractivity contribution in [1.29, 1.82) is 0 Å². The predicted molar refractivity (Wildman–Crippen MR) is 93.0 cm³/mol. The summed E-state index contributed by atoms with van der Waals surface area (Å²) in [6, 6.07) is 13.4. The Kier molecular flexibility index (Phi) is 4.81. The third-order valence-electron chi connectivity index (χ3n) is 3.40. The summed E-state index contributed by atoms with van der Waals surface area (Å²) in [6.45, 7) is 2.59. The molecule has 0 saturated carbocycles. The summed E-state index contributed by atoms with van der Waals surface area (Å²) >= 11 is 1.65. The maximum Gasteiger partial charge on any atom is 0.358 e. The number of carbonyl (C=O) groups excluding carboxylic acids is 1. The highest BCUT2D eigenvalue weighted by molar-refractivity contribution is 7.15. The fourth-order valence-corrected chi connectivity index (χ4v) is 3.11. The zero-order chi connectivity index (χ0) is 16.9. The zero-order valence-electron chi connectivity index (χ0n) is 13.3. The molecule has 1 N–H and O–H groups in total. The minimum atomic E-state index is -0.500. The highest BCUT2D eigenvalue weighted by Gasteiger charge is 2.10. The highest BCUT2D eigenvalue weighted by Crippen LogP contribution is 2.28. The number of rotatable bonds is 5. The molecule has 24 heavy (non-hydrogen) atoms. The molecule has 122 valence electrons. The normalized spacial score (nSPS) is 10.4. The quantitative estimate of drug-likeness (QED) is 0.718. The van der Waals surface area contributed by atoms with Crippen LogP contribution in [0, 0.1) is 6.92 Å². The molecule has 0 saturated heterocycles. The highest BCUT2D eigenvalue weighted by atomic mass is 32.1. The summed E-state index contributed by atoms with van der Waals surface area (Å²) in [4.78, 5) is 17.1. The largest absolute Gasteiger partial charge is 0.464 e. The van der Waals surface area contributed by atoms with Crippen molar-refractivity contribution in [3.05, 3.63) is 58.7 Å². The van der Waals surface area contributed by atoms with Gasteiger partial charge in [0.1, 0.15) is 10.8 Å². The molecular weight excluding hydrogens is 324 g/mol.